The van der Waals surface area contributed by atoms with Crippen molar-refractivity contribution in [2.75, 3.05) is 0 Å². The van der Waals surface area contributed by atoms with Crippen LogP contribution in [0, 0.1) is 17.0 Å². The van der Waals surface area contributed by atoms with Crippen molar-refractivity contribution >= 4 is 11.8 Å². The van der Waals surface area contributed by atoms with Crippen molar-refractivity contribution in [2.45, 2.75) is 26.9 Å². The van der Waals surface area contributed by atoms with Gasteiger partial charge in [0.1, 0.15) is 17.0 Å². The van der Waals surface area contributed by atoms with Gasteiger partial charge in [0, 0.05) is 18.7 Å². The van der Waals surface area contributed by atoms with Crippen molar-refractivity contribution in [3.63, 3.8) is 0 Å². The number of nitrogens with one attached hydrogen (secondary N) is 2. The molecular weight excluding hydrogens is 326 g/mol. The minimum Gasteiger partial charge on any atom is -0.351 e. The predicted octanol–water partition coefficient (Wildman–Crippen LogP) is 2.92. The van der Waals surface area contributed by atoms with E-state index in [0.717, 1.165) is 5.56 Å². The summed E-state index contributed by atoms with van der Waals surface area (Å²) in [7, 11) is 0. The molecule has 132 valence electrons. The summed E-state index contributed by atoms with van der Waals surface area (Å²) in [5.74, 6) is -1.75. The number of carbonyl (C=O) groups is 2. The zero-order valence-corrected chi connectivity index (χ0v) is 14.1. The first-order valence-corrected chi connectivity index (χ1v) is 7.85. The average molecular weight is 346 g/mol. The molecule has 0 aliphatic rings. The van der Waals surface area contributed by atoms with Gasteiger partial charge in [0.15, 0.2) is 0 Å². The third kappa shape index (κ3) is 4.86. The first kappa shape index (κ1) is 18.6. The van der Waals surface area contributed by atoms with Crippen LogP contribution < -0.4 is 10.6 Å². The van der Waals surface area contributed by atoms with Gasteiger partial charge in [0.05, 0.1) is 0 Å². The van der Waals surface area contributed by atoms with E-state index in [2.05, 4.69) is 10.6 Å². The molecule has 0 unspecified atom stereocenters. The quantitative estimate of drug-likeness (QED) is 0.790. The Balaban J connectivity index is 1.91. The lowest BCUT2D eigenvalue weighted by Gasteiger charge is -2.23. The average Bonchev–Trinajstić information content (AvgIpc) is 2.59. The number of amides is 2. The van der Waals surface area contributed by atoms with E-state index in [1.807, 2.05) is 0 Å². The Bertz CT molecular complexity index is 758. The molecule has 0 aromatic heterocycles. The normalized spacial score (nSPS) is 11.0. The molecule has 0 fully saturated rings. The van der Waals surface area contributed by atoms with Crippen LogP contribution in [0.2, 0.25) is 0 Å². The van der Waals surface area contributed by atoms with Gasteiger partial charge < -0.3 is 10.6 Å². The van der Waals surface area contributed by atoms with Gasteiger partial charge in [0.2, 0.25) is 11.8 Å². The van der Waals surface area contributed by atoms with Crippen molar-refractivity contribution in [3.05, 3.63) is 71.3 Å². The lowest BCUT2D eigenvalue weighted by Crippen LogP contribution is -2.47. The van der Waals surface area contributed by atoms with Gasteiger partial charge in [-0.15, -0.1) is 0 Å². The summed E-state index contributed by atoms with van der Waals surface area (Å²) in [5.41, 5.74) is -0.263. The van der Waals surface area contributed by atoms with Crippen LogP contribution in [-0.2, 0) is 22.7 Å². The Morgan fingerprint density at radius 3 is 2.04 bits per heavy atom. The fourth-order valence-electron chi connectivity index (χ4n) is 2.15. The van der Waals surface area contributed by atoms with E-state index in [-0.39, 0.29) is 18.9 Å². The third-order valence-corrected chi connectivity index (χ3v) is 3.90. The van der Waals surface area contributed by atoms with Crippen LogP contribution >= 0.6 is 0 Å². The summed E-state index contributed by atoms with van der Waals surface area (Å²) in [5, 5.41) is 5.23. The minimum absolute atomic E-state index is 0.000177. The SMILES string of the molecule is CC(C)(C(=O)NCc1ccc(F)cc1)C(=O)NCc1ccccc1F. The molecular formula is C19H20F2N2O2. The Morgan fingerprint density at radius 2 is 1.44 bits per heavy atom. The van der Waals surface area contributed by atoms with Crippen molar-refractivity contribution in [3.8, 4) is 0 Å². The molecule has 0 aliphatic heterocycles. The molecule has 4 nitrogen and oxygen atoms in total. The second-order valence-electron chi connectivity index (χ2n) is 6.21. The van der Waals surface area contributed by atoms with E-state index in [1.165, 1.54) is 32.0 Å². The Morgan fingerprint density at radius 1 is 0.880 bits per heavy atom. The van der Waals surface area contributed by atoms with Gasteiger partial charge in [-0.1, -0.05) is 30.3 Å². The Hall–Kier alpha value is -2.76. The van der Waals surface area contributed by atoms with Crippen LogP contribution in [0.4, 0.5) is 8.78 Å². The van der Waals surface area contributed by atoms with E-state index >= 15 is 0 Å². The molecule has 0 saturated heterocycles. The largest absolute Gasteiger partial charge is 0.351 e. The molecule has 2 amide bonds. The Labute approximate surface area is 145 Å². The summed E-state index contributed by atoms with van der Waals surface area (Å²) in [6.07, 6.45) is 0. The van der Waals surface area contributed by atoms with E-state index in [9.17, 15) is 18.4 Å². The molecule has 0 radical (unpaired) electrons. The first-order chi connectivity index (χ1) is 11.8. The van der Waals surface area contributed by atoms with Crippen LogP contribution in [0.5, 0.6) is 0 Å². The van der Waals surface area contributed by atoms with E-state index in [0.29, 0.717) is 5.56 Å². The van der Waals surface area contributed by atoms with Crippen LogP contribution in [0.1, 0.15) is 25.0 Å². The number of carbonyl (C=O) groups excluding carboxylic acids is 2. The maximum Gasteiger partial charge on any atom is 0.235 e. The fraction of sp³-hybridized carbons (Fsp3) is 0.263. The highest BCUT2D eigenvalue weighted by Crippen LogP contribution is 2.17. The molecule has 2 rings (SSSR count). The summed E-state index contributed by atoms with van der Waals surface area (Å²) in [6, 6.07) is 11.8. The zero-order valence-electron chi connectivity index (χ0n) is 14.1. The summed E-state index contributed by atoms with van der Waals surface area (Å²) in [6.45, 7) is 3.16. The summed E-state index contributed by atoms with van der Waals surface area (Å²) < 4.78 is 26.4. The Kier molecular flexibility index (Phi) is 5.85. The van der Waals surface area contributed by atoms with Gasteiger partial charge in [-0.25, -0.2) is 8.78 Å². The lowest BCUT2D eigenvalue weighted by atomic mass is 9.91. The van der Waals surface area contributed by atoms with Gasteiger partial charge in [-0.05, 0) is 37.6 Å². The van der Waals surface area contributed by atoms with Crippen LogP contribution in [0.3, 0.4) is 0 Å². The number of halogens is 2. The van der Waals surface area contributed by atoms with E-state index in [1.54, 1.807) is 30.3 Å². The number of rotatable bonds is 6. The van der Waals surface area contributed by atoms with Crippen LogP contribution in [0.15, 0.2) is 48.5 Å². The third-order valence-electron chi connectivity index (χ3n) is 3.90. The lowest BCUT2D eigenvalue weighted by molar-refractivity contribution is -0.141. The van der Waals surface area contributed by atoms with Crippen molar-refractivity contribution in [1.29, 1.82) is 0 Å². The van der Waals surface area contributed by atoms with Gasteiger partial charge in [-0.3, -0.25) is 9.59 Å². The van der Waals surface area contributed by atoms with Gasteiger partial charge >= 0.3 is 0 Å². The first-order valence-electron chi connectivity index (χ1n) is 7.85. The van der Waals surface area contributed by atoms with Gasteiger partial charge in [-0.2, -0.15) is 0 Å². The highest BCUT2D eigenvalue weighted by atomic mass is 19.1. The highest BCUT2D eigenvalue weighted by Gasteiger charge is 2.35. The monoisotopic (exact) mass is 346 g/mol. The zero-order chi connectivity index (χ0) is 18.4. The van der Waals surface area contributed by atoms with Crippen molar-refractivity contribution in [2.24, 2.45) is 5.41 Å². The molecule has 2 N–H and O–H groups in total. The van der Waals surface area contributed by atoms with E-state index in [4.69, 9.17) is 0 Å². The maximum atomic E-state index is 13.6. The standard InChI is InChI=1S/C19H20F2N2O2/c1-19(2,17(24)22-11-13-7-9-15(20)10-8-13)18(25)23-12-14-5-3-4-6-16(14)21/h3-10H,11-12H2,1-2H3,(H,22,24)(H,23,25). The molecule has 25 heavy (non-hydrogen) atoms. The van der Waals surface area contributed by atoms with Crippen LogP contribution in [-0.4, -0.2) is 11.8 Å². The predicted molar refractivity (Wildman–Crippen MR) is 90.3 cm³/mol. The molecule has 0 heterocycles. The second-order valence-corrected chi connectivity index (χ2v) is 6.21. The topological polar surface area (TPSA) is 58.2 Å². The smallest absolute Gasteiger partial charge is 0.235 e. The highest BCUT2D eigenvalue weighted by molar-refractivity contribution is 6.04. The number of benzene rings is 2. The van der Waals surface area contributed by atoms with Crippen LogP contribution in [0.25, 0.3) is 0 Å². The van der Waals surface area contributed by atoms with Crippen molar-refractivity contribution < 1.29 is 18.4 Å². The molecule has 0 atom stereocenters. The molecule has 2 aromatic carbocycles. The number of hydrogen-bond acceptors (Lipinski definition) is 2. The molecule has 0 saturated carbocycles. The molecule has 0 spiro atoms. The molecule has 0 aliphatic carbocycles. The maximum absolute atomic E-state index is 13.6. The van der Waals surface area contributed by atoms with Gasteiger partial charge in [0.25, 0.3) is 0 Å². The fourth-order valence-corrected chi connectivity index (χ4v) is 2.15. The summed E-state index contributed by atoms with van der Waals surface area (Å²) >= 11 is 0. The minimum atomic E-state index is -1.33. The molecule has 6 heteroatoms. The molecule has 0 bridgehead atoms. The summed E-state index contributed by atoms with van der Waals surface area (Å²) in [4.78, 5) is 24.6. The van der Waals surface area contributed by atoms with E-state index < -0.39 is 23.0 Å². The molecule has 2 aromatic rings. The second kappa shape index (κ2) is 7.88. The van der Waals surface area contributed by atoms with Crippen molar-refractivity contribution in [1.82, 2.24) is 10.6 Å². The number of hydrogen-bond donors (Lipinski definition) is 2.